The molecule has 1 amide bonds. The van der Waals surface area contributed by atoms with Crippen LogP contribution in [0.4, 0.5) is 0 Å². The third-order valence-electron chi connectivity index (χ3n) is 5.71. The Hall–Kier alpha value is -3.03. The van der Waals surface area contributed by atoms with E-state index in [9.17, 15) is 4.79 Å². The number of aromatic nitrogens is 5. The topological polar surface area (TPSA) is 89.9 Å². The van der Waals surface area contributed by atoms with E-state index in [0.717, 1.165) is 60.1 Å². The molecule has 1 saturated heterocycles. The van der Waals surface area contributed by atoms with Crippen molar-refractivity contribution in [3.8, 4) is 11.3 Å². The normalized spacial score (nSPS) is 15.0. The fourth-order valence-corrected chi connectivity index (χ4v) is 4.14. The van der Waals surface area contributed by atoms with Gasteiger partial charge in [-0.15, -0.1) is 0 Å². The van der Waals surface area contributed by atoms with Crippen LogP contribution < -0.4 is 0 Å². The van der Waals surface area contributed by atoms with Gasteiger partial charge < -0.3 is 9.42 Å². The highest BCUT2D eigenvalue weighted by molar-refractivity contribution is 5.76. The number of amides is 1. The predicted molar refractivity (Wildman–Crippen MR) is 112 cm³/mol. The molecule has 1 aliphatic heterocycles. The molecule has 1 aliphatic rings. The molecule has 3 aromatic rings. The minimum Gasteiger partial charge on any atom is -0.356 e. The van der Waals surface area contributed by atoms with E-state index >= 15 is 0 Å². The maximum Gasteiger partial charge on any atom is 0.224 e. The zero-order valence-electron chi connectivity index (χ0n) is 18.1. The lowest BCUT2D eigenvalue weighted by Gasteiger charge is -2.32. The SMILES string of the molecule is Cc1cc(-c2cnc(C)nc2C2CCN(C(=O)CCn3nc(C)cc3C)CC2)on1. The summed E-state index contributed by atoms with van der Waals surface area (Å²) in [6.07, 6.45) is 4.05. The van der Waals surface area contributed by atoms with Crippen molar-refractivity contribution in [3.05, 3.63) is 46.9 Å². The maximum atomic E-state index is 12.7. The highest BCUT2D eigenvalue weighted by atomic mass is 16.5. The monoisotopic (exact) mass is 408 g/mol. The van der Waals surface area contributed by atoms with Gasteiger partial charge in [-0.2, -0.15) is 5.10 Å². The number of carbonyl (C=O) groups is 1. The van der Waals surface area contributed by atoms with E-state index in [1.807, 2.05) is 55.6 Å². The largest absolute Gasteiger partial charge is 0.356 e. The second-order valence-corrected chi connectivity index (χ2v) is 8.10. The lowest BCUT2D eigenvalue weighted by atomic mass is 9.90. The lowest BCUT2D eigenvalue weighted by Crippen LogP contribution is -2.38. The van der Waals surface area contributed by atoms with Crippen molar-refractivity contribution in [2.75, 3.05) is 13.1 Å². The van der Waals surface area contributed by atoms with Gasteiger partial charge in [0.15, 0.2) is 5.76 Å². The standard InChI is InChI=1S/C22H28N6O2/c1-14-11-16(3)28(25-14)10-7-21(29)27-8-5-18(6-9-27)22-19(13-23-17(4)24-22)20-12-15(2)26-30-20/h11-13,18H,5-10H2,1-4H3. The van der Waals surface area contributed by atoms with Gasteiger partial charge in [0.05, 0.1) is 22.6 Å². The highest BCUT2D eigenvalue weighted by Gasteiger charge is 2.27. The molecule has 0 unspecified atom stereocenters. The van der Waals surface area contributed by atoms with Crippen LogP contribution in [0.2, 0.25) is 0 Å². The maximum absolute atomic E-state index is 12.7. The van der Waals surface area contributed by atoms with Crippen LogP contribution in [0, 0.1) is 27.7 Å². The van der Waals surface area contributed by atoms with Gasteiger partial charge in [0.2, 0.25) is 5.91 Å². The summed E-state index contributed by atoms with van der Waals surface area (Å²) in [5, 5.41) is 8.44. The van der Waals surface area contributed by atoms with Crippen LogP contribution in [-0.4, -0.2) is 48.8 Å². The van der Waals surface area contributed by atoms with Crippen LogP contribution in [0.5, 0.6) is 0 Å². The van der Waals surface area contributed by atoms with Crippen LogP contribution in [0.1, 0.15) is 53.8 Å². The molecule has 1 fully saturated rings. The molecule has 0 aromatic carbocycles. The summed E-state index contributed by atoms with van der Waals surface area (Å²) in [6, 6.07) is 3.95. The van der Waals surface area contributed by atoms with E-state index in [1.165, 1.54) is 0 Å². The van der Waals surface area contributed by atoms with Gasteiger partial charge in [-0.25, -0.2) is 9.97 Å². The van der Waals surface area contributed by atoms with Gasteiger partial charge in [0.25, 0.3) is 0 Å². The molecule has 0 saturated carbocycles. The van der Waals surface area contributed by atoms with Gasteiger partial charge in [0, 0.05) is 49.9 Å². The number of carbonyl (C=O) groups excluding carboxylic acids is 1. The molecule has 4 rings (SSSR count). The van der Waals surface area contributed by atoms with Crippen molar-refractivity contribution in [1.29, 1.82) is 0 Å². The molecule has 0 spiro atoms. The Bertz CT molecular complexity index is 1050. The minimum atomic E-state index is 0.186. The average molecular weight is 409 g/mol. The molecule has 158 valence electrons. The number of piperidine rings is 1. The molecule has 0 bridgehead atoms. The van der Waals surface area contributed by atoms with Gasteiger partial charge in [-0.1, -0.05) is 5.16 Å². The third-order valence-corrected chi connectivity index (χ3v) is 5.71. The van der Waals surface area contributed by atoms with Crippen molar-refractivity contribution in [3.63, 3.8) is 0 Å². The molecule has 4 heterocycles. The van der Waals surface area contributed by atoms with Crippen LogP contribution in [-0.2, 0) is 11.3 Å². The summed E-state index contributed by atoms with van der Waals surface area (Å²) in [5.41, 5.74) is 4.80. The first-order chi connectivity index (χ1) is 14.4. The molecule has 0 radical (unpaired) electrons. The smallest absolute Gasteiger partial charge is 0.224 e. The minimum absolute atomic E-state index is 0.186. The first-order valence-corrected chi connectivity index (χ1v) is 10.5. The van der Waals surface area contributed by atoms with Gasteiger partial charge in [-0.3, -0.25) is 9.48 Å². The number of hydrogen-bond acceptors (Lipinski definition) is 6. The summed E-state index contributed by atoms with van der Waals surface area (Å²) in [7, 11) is 0. The third kappa shape index (κ3) is 4.27. The van der Waals surface area contributed by atoms with Crippen LogP contribution in [0.25, 0.3) is 11.3 Å². The molecular formula is C22H28N6O2. The molecule has 8 heteroatoms. The van der Waals surface area contributed by atoms with E-state index in [1.54, 1.807) is 0 Å². The average Bonchev–Trinajstić information content (AvgIpc) is 3.30. The summed E-state index contributed by atoms with van der Waals surface area (Å²) < 4.78 is 7.38. The van der Waals surface area contributed by atoms with Crippen molar-refractivity contribution in [2.45, 2.75) is 59.4 Å². The molecule has 0 N–H and O–H groups in total. The molecule has 0 aliphatic carbocycles. The van der Waals surface area contributed by atoms with Crippen molar-refractivity contribution in [2.24, 2.45) is 0 Å². The fraction of sp³-hybridized carbons (Fsp3) is 0.500. The van der Waals surface area contributed by atoms with Gasteiger partial charge >= 0.3 is 0 Å². The van der Waals surface area contributed by atoms with E-state index in [2.05, 4.69) is 15.2 Å². The van der Waals surface area contributed by atoms with E-state index in [0.29, 0.717) is 18.7 Å². The lowest BCUT2D eigenvalue weighted by molar-refractivity contribution is -0.132. The zero-order chi connectivity index (χ0) is 21.3. The van der Waals surface area contributed by atoms with Crippen molar-refractivity contribution >= 4 is 5.91 Å². The molecule has 0 atom stereocenters. The summed E-state index contributed by atoms with van der Waals surface area (Å²) in [4.78, 5) is 23.8. The molecule has 3 aromatic heterocycles. The Labute approximate surface area is 176 Å². The van der Waals surface area contributed by atoms with Crippen LogP contribution in [0.15, 0.2) is 22.9 Å². The van der Waals surface area contributed by atoms with E-state index in [-0.39, 0.29) is 11.8 Å². The summed E-state index contributed by atoms with van der Waals surface area (Å²) in [6.45, 7) is 9.89. The van der Waals surface area contributed by atoms with Crippen LogP contribution in [0.3, 0.4) is 0 Å². The Kier molecular flexibility index (Phi) is 5.65. The molecular weight excluding hydrogens is 380 g/mol. The first kappa shape index (κ1) is 20.3. The first-order valence-electron chi connectivity index (χ1n) is 10.5. The van der Waals surface area contributed by atoms with Gasteiger partial charge in [0.1, 0.15) is 5.82 Å². The number of hydrogen-bond donors (Lipinski definition) is 0. The molecule has 30 heavy (non-hydrogen) atoms. The predicted octanol–water partition coefficient (Wildman–Crippen LogP) is 3.36. The Balaban J connectivity index is 1.40. The summed E-state index contributed by atoms with van der Waals surface area (Å²) >= 11 is 0. The Morgan fingerprint density at radius 3 is 2.53 bits per heavy atom. The number of rotatable bonds is 5. The highest BCUT2D eigenvalue weighted by Crippen LogP contribution is 2.34. The Morgan fingerprint density at radius 2 is 1.90 bits per heavy atom. The van der Waals surface area contributed by atoms with Crippen molar-refractivity contribution < 1.29 is 9.32 Å². The molecule has 8 nitrogen and oxygen atoms in total. The zero-order valence-corrected chi connectivity index (χ0v) is 18.1. The van der Waals surface area contributed by atoms with E-state index in [4.69, 9.17) is 9.51 Å². The number of aryl methyl sites for hydroxylation is 5. The number of nitrogens with zero attached hydrogens (tertiary/aromatic N) is 6. The second kappa shape index (κ2) is 8.38. The second-order valence-electron chi connectivity index (χ2n) is 8.10. The van der Waals surface area contributed by atoms with Crippen molar-refractivity contribution in [1.82, 2.24) is 29.8 Å². The van der Waals surface area contributed by atoms with Gasteiger partial charge in [-0.05, 0) is 46.6 Å². The Morgan fingerprint density at radius 1 is 1.13 bits per heavy atom. The quantitative estimate of drug-likeness (QED) is 0.643. The van der Waals surface area contributed by atoms with E-state index < -0.39 is 0 Å². The summed E-state index contributed by atoms with van der Waals surface area (Å²) in [5.74, 6) is 1.90. The van der Waals surface area contributed by atoms with Crippen LogP contribution >= 0.6 is 0 Å². The number of likely N-dealkylation sites (tertiary alicyclic amines) is 1. The fourth-order valence-electron chi connectivity index (χ4n) is 4.14.